The fourth-order valence-corrected chi connectivity index (χ4v) is 5.77. The molecular formula is C31H32F2N4O4. The van der Waals surface area contributed by atoms with Crippen molar-refractivity contribution < 1.29 is 28.2 Å². The van der Waals surface area contributed by atoms with E-state index < -0.39 is 17.6 Å². The zero-order valence-electron chi connectivity index (χ0n) is 22.8. The van der Waals surface area contributed by atoms with Gasteiger partial charge in [0, 0.05) is 35.9 Å². The van der Waals surface area contributed by atoms with E-state index in [4.69, 9.17) is 9.47 Å². The average Bonchev–Trinajstić information content (AvgIpc) is 3.36. The third kappa shape index (κ3) is 5.80. The Labute approximate surface area is 236 Å². The first kappa shape index (κ1) is 27.3. The van der Waals surface area contributed by atoms with E-state index in [1.54, 1.807) is 18.5 Å². The number of fused-ring (bicyclic) bond motifs is 1. The third-order valence-corrected chi connectivity index (χ3v) is 8.29. The van der Waals surface area contributed by atoms with Gasteiger partial charge in [0.25, 0.3) is 0 Å². The van der Waals surface area contributed by atoms with Crippen LogP contribution in [0.1, 0.15) is 65.3 Å². The molecule has 2 fully saturated rings. The van der Waals surface area contributed by atoms with Crippen LogP contribution in [0, 0.1) is 11.6 Å². The Morgan fingerprint density at radius 3 is 2.68 bits per heavy atom. The summed E-state index contributed by atoms with van der Waals surface area (Å²) in [6, 6.07) is 12.4. The van der Waals surface area contributed by atoms with Crippen LogP contribution in [0.5, 0.6) is 5.88 Å². The maximum absolute atomic E-state index is 14.0. The first-order valence-corrected chi connectivity index (χ1v) is 14.0. The molecule has 0 radical (unpaired) electrons. The third-order valence-electron chi connectivity index (χ3n) is 8.29. The van der Waals surface area contributed by atoms with Gasteiger partial charge in [-0.2, -0.15) is 0 Å². The zero-order chi connectivity index (χ0) is 28.5. The second-order valence-corrected chi connectivity index (χ2v) is 10.8. The second-order valence-electron chi connectivity index (χ2n) is 10.8. The number of imidazole rings is 1. The minimum atomic E-state index is -0.949. The number of aromatic nitrogens is 3. The molecule has 4 aromatic rings. The molecule has 2 aromatic heterocycles. The number of rotatable bonds is 9. The van der Waals surface area contributed by atoms with E-state index in [1.165, 1.54) is 0 Å². The summed E-state index contributed by atoms with van der Waals surface area (Å²) in [4.78, 5) is 23.8. The lowest BCUT2D eigenvalue weighted by Crippen LogP contribution is -2.35. The number of hydrogen-bond donors (Lipinski definition) is 1. The maximum Gasteiger partial charge on any atom is 0.336 e. The van der Waals surface area contributed by atoms with Gasteiger partial charge in [-0.15, -0.1) is 0 Å². The fourth-order valence-electron chi connectivity index (χ4n) is 5.77. The number of aromatic carboxylic acids is 1. The largest absolute Gasteiger partial charge is 0.478 e. The van der Waals surface area contributed by atoms with Gasteiger partial charge in [0.1, 0.15) is 18.2 Å². The van der Waals surface area contributed by atoms with Gasteiger partial charge in [-0.25, -0.2) is 23.5 Å². The van der Waals surface area contributed by atoms with Gasteiger partial charge in [0.2, 0.25) is 5.88 Å². The number of nitrogens with zero attached hydrogens (tertiary/aromatic N) is 4. The number of carboxylic acid groups (broad SMARTS) is 1. The van der Waals surface area contributed by atoms with Crippen molar-refractivity contribution in [2.45, 2.75) is 57.4 Å². The van der Waals surface area contributed by atoms with Crippen molar-refractivity contribution >= 4 is 17.0 Å². The summed E-state index contributed by atoms with van der Waals surface area (Å²) in [6.07, 6.45) is 4.61. The number of likely N-dealkylation sites (tertiary alicyclic amines) is 1. The van der Waals surface area contributed by atoms with Crippen LogP contribution in [0.2, 0.25) is 0 Å². The molecule has 1 unspecified atom stereocenters. The number of pyridine rings is 1. The summed E-state index contributed by atoms with van der Waals surface area (Å²) in [5.41, 5.74) is 3.67. The van der Waals surface area contributed by atoms with Crippen molar-refractivity contribution in [3.63, 3.8) is 0 Å². The highest BCUT2D eigenvalue weighted by Gasteiger charge is 2.29. The topological polar surface area (TPSA) is 89.7 Å². The van der Waals surface area contributed by atoms with Gasteiger partial charge >= 0.3 is 5.97 Å². The SMILES string of the molecule is C[C@@H](c1cc2ncn(CC3CCO3)c2cc1C(=O)O)N1CCC(c2cccc(OCc3cc(F)ccc3F)n2)CC1. The molecule has 0 saturated carbocycles. The van der Waals surface area contributed by atoms with E-state index in [9.17, 15) is 18.7 Å². The number of benzene rings is 2. The van der Waals surface area contributed by atoms with Gasteiger partial charge < -0.3 is 19.1 Å². The maximum atomic E-state index is 14.0. The summed E-state index contributed by atoms with van der Waals surface area (Å²) in [5.74, 6) is -1.42. The smallest absolute Gasteiger partial charge is 0.336 e. The molecule has 10 heteroatoms. The Balaban J connectivity index is 1.12. The molecule has 214 valence electrons. The van der Waals surface area contributed by atoms with Gasteiger partial charge in [-0.3, -0.25) is 4.90 Å². The summed E-state index contributed by atoms with van der Waals surface area (Å²) >= 11 is 0. The minimum Gasteiger partial charge on any atom is -0.478 e. The number of carbonyl (C=O) groups is 1. The highest BCUT2D eigenvalue weighted by atomic mass is 19.1. The quantitative estimate of drug-likeness (QED) is 0.279. The number of carboxylic acids is 1. The van der Waals surface area contributed by atoms with Crippen molar-refractivity contribution in [1.29, 1.82) is 0 Å². The lowest BCUT2D eigenvalue weighted by molar-refractivity contribution is -0.0586. The zero-order valence-corrected chi connectivity index (χ0v) is 22.8. The minimum absolute atomic E-state index is 0.102. The van der Waals surface area contributed by atoms with E-state index >= 15 is 0 Å². The Morgan fingerprint density at radius 2 is 1.95 bits per heavy atom. The van der Waals surface area contributed by atoms with Gasteiger partial charge in [-0.05, 0) is 81.2 Å². The average molecular weight is 563 g/mol. The van der Waals surface area contributed by atoms with Gasteiger partial charge in [0.05, 0.1) is 35.6 Å². The molecule has 41 heavy (non-hydrogen) atoms. The molecule has 2 aliphatic heterocycles. The van der Waals surface area contributed by atoms with E-state index in [2.05, 4.69) is 14.9 Å². The molecule has 2 aliphatic rings. The molecular weight excluding hydrogens is 530 g/mol. The van der Waals surface area contributed by atoms with Crippen LogP contribution >= 0.6 is 0 Å². The first-order valence-electron chi connectivity index (χ1n) is 14.0. The molecule has 2 saturated heterocycles. The molecule has 4 heterocycles. The van der Waals surface area contributed by atoms with E-state index in [1.807, 2.05) is 29.7 Å². The summed E-state index contributed by atoms with van der Waals surface area (Å²) in [7, 11) is 0. The summed E-state index contributed by atoms with van der Waals surface area (Å²) in [6.45, 7) is 4.92. The van der Waals surface area contributed by atoms with E-state index in [0.717, 1.165) is 79.4 Å². The molecule has 2 aromatic carbocycles. The molecule has 6 rings (SSSR count). The van der Waals surface area contributed by atoms with Crippen LogP contribution in [-0.2, 0) is 17.9 Å². The van der Waals surface area contributed by atoms with Crippen molar-refractivity contribution in [3.05, 3.63) is 88.9 Å². The van der Waals surface area contributed by atoms with Crippen molar-refractivity contribution in [2.75, 3.05) is 19.7 Å². The Kier molecular flexibility index (Phi) is 7.68. The molecule has 0 amide bonds. The van der Waals surface area contributed by atoms with Gasteiger partial charge in [-0.1, -0.05) is 6.07 Å². The van der Waals surface area contributed by atoms with Crippen LogP contribution in [0.25, 0.3) is 11.0 Å². The molecule has 0 bridgehead atoms. The summed E-state index contributed by atoms with van der Waals surface area (Å²) < 4.78 is 40.7. The van der Waals surface area contributed by atoms with Gasteiger partial charge in [0.15, 0.2) is 0 Å². The fraction of sp³-hybridized carbons (Fsp3) is 0.387. The van der Waals surface area contributed by atoms with Crippen LogP contribution in [0.3, 0.4) is 0 Å². The first-order chi connectivity index (χ1) is 19.9. The molecule has 0 spiro atoms. The van der Waals surface area contributed by atoms with Crippen LogP contribution in [0.4, 0.5) is 8.78 Å². The van der Waals surface area contributed by atoms with E-state index in [-0.39, 0.29) is 30.2 Å². The molecule has 1 N–H and O–H groups in total. The number of halogens is 2. The monoisotopic (exact) mass is 562 g/mol. The summed E-state index contributed by atoms with van der Waals surface area (Å²) in [5, 5.41) is 10.1. The predicted octanol–water partition coefficient (Wildman–Crippen LogP) is 5.72. The highest BCUT2D eigenvalue weighted by molar-refractivity contribution is 5.94. The molecule has 8 nitrogen and oxygen atoms in total. The molecule has 2 atom stereocenters. The lowest BCUT2D eigenvalue weighted by Gasteiger charge is -2.36. The lowest BCUT2D eigenvalue weighted by atomic mass is 9.90. The number of ether oxygens (including phenoxy) is 2. The van der Waals surface area contributed by atoms with E-state index in [0.29, 0.717) is 18.0 Å². The Bertz CT molecular complexity index is 1560. The number of piperidine rings is 1. The molecule has 0 aliphatic carbocycles. The number of hydrogen-bond acceptors (Lipinski definition) is 6. The van der Waals surface area contributed by atoms with Crippen molar-refractivity contribution in [1.82, 2.24) is 19.4 Å². The normalized spacial score (nSPS) is 18.8. The van der Waals surface area contributed by atoms with Crippen LogP contribution in [-0.4, -0.2) is 56.3 Å². The van der Waals surface area contributed by atoms with Crippen LogP contribution < -0.4 is 4.74 Å². The predicted molar refractivity (Wildman–Crippen MR) is 148 cm³/mol. The van der Waals surface area contributed by atoms with Crippen LogP contribution in [0.15, 0.2) is 54.9 Å². The Morgan fingerprint density at radius 1 is 1.15 bits per heavy atom. The standard InChI is InChI=1S/C31H32F2N4O4/c1-19(24-14-28-29(15-25(24)31(38)39)37(18-34-28)16-23-9-12-40-23)36-10-7-20(8-11-36)27-3-2-4-30(35-27)41-17-21-13-22(32)5-6-26(21)33/h2-6,13-15,18-20,23H,7-12,16-17H2,1H3,(H,38,39)/t19-,23?/m0/s1. The van der Waals surface area contributed by atoms with Crippen molar-refractivity contribution in [2.24, 2.45) is 0 Å². The Hall–Kier alpha value is -3.89. The van der Waals surface area contributed by atoms with Crippen molar-refractivity contribution in [3.8, 4) is 5.88 Å². The second kappa shape index (κ2) is 11.5. The highest BCUT2D eigenvalue weighted by Crippen LogP contribution is 2.34.